The van der Waals surface area contributed by atoms with E-state index in [2.05, 4.69) is 9.71 Å². The molecule has 3 rings (SSSR count). The molecule has 8 nitrogen and oxygen atoms in total. The Kier molecular flexibility index (Phi) is 6.76. The van der Waals surface area contributed by atoms with Crippen molar-refractivity contribution in [1.82, 2.24) is 9.88 Å². The van der Waals surface area contributed by atoms with Crippen molar-refractivity contribution in [3.8, 4) is 0 Å². The molecule has 1 amide bonds. The SMILES string of the molecule is Cc1c(Cl)cccc1S(=O)(=O)Nc1nc(CCOC(=O)N2CCOCC2)cs1. The average Bonchev–Trinajstić information content (AvgIpc) is 3.11. The molecule has 1 fully saturated rings. The molecule has 11 heteroatoms. The minimum Gasteiger partial charge on any atom is -0.449 e. The van der Waals surface area contributed by atoms with Crippen LogP contribution in [0.5, 0.6) is 0 Å². The maximum atomic E-state index is 12.6. The van der Waals surface area contributed by atoms with Crippen LogP contribution >= 0.6 is 22.9 Å². The van der Waals surface area contributed by atoms with Crippen LogP contribution in [0.1, 0.15) is 11.3 Å². The largest absolute Gasteiger partial charge is 0.449 e. The maximum absolute atomic E-state index is 12.6. The van der Waals surface area contributed by atoms with Crippen molar-refractivity contribution in [3.05, 3.63) is 39.9 Å². The van der Waals surface area contributed by atoms with Gasteiger partial charge in [0.1, 0.15) is 0 Å². The number of hydrogen-bond acceptors (Lipinski definition) is 7. The molecule has 152 valence electrons. The highest BCUT2D eigenvalue weighted by atomic mass is 35.5. The van der Waals surface area contributed by atoms with E-state index in [0.29, 0.717) is 49.0 Å². The summed E-state index contributed by atoms with van der Waals surface area (Å²) >= 11 is 7.18. The van der Waals surface area contributed by atoms with Gasteiger partial charge < -0.3 is 14.4 Å². The number of ether oxygens (including phenoxy) is 2. The van der Waals surface area contributed by atoms with Gasteiger partial charge >= 0.3 is 6.09 Å². The van der Waals surface area contributed by atoms with Gasteiger partial charge in [0.25, 0.3) is 10.0 Å². The molecule has 0 saturated carbocycles. The normalized spacial score (nSPS) is 14.7. The Balaban J connectivity index is 1.55. The number of nitrogens with zero attached hydrogens (tertiary/aromatic N) is 2. The minimum atomic E-state index is -3.79. The number of carbonyl (C=O) groups excluding carboxylic acids is 1. The predicted octanol–water partition coefficient (Wildman–Crippen LogP) is 2.92. The monoisotopic (exact) mass is 445 g/mol. The number of nitrogens with one attached hydrogen (secondary N) is 1. The van der Waals surface area contributed by atoms with Gasteiger partial charge in [0.05, 0.1) is 30.4 Å². The van der Waals surface area contributed by atoms with E-state index in [9.17, 15) is 13.2 Å². The summed E-state index contributed by atoms with van der Waals surface area (Å²) in [5.41, 5.74) is 1.11. The lowest BCUT2D eigenvalue weighted by Crippen LogP contribution is -2.41. The van der Waals surface area contributed by atoms with Gasteiger partial charge in [0, 0.05) is 29.9 Å². The van der Waals surface area contributed by atoms with Gasteiger partial charge in [0.15, 0.2) is 5.13 Å². The fraction of sp³-hybridized carbons (Fsp3) is 0.412. The van der Waals surface area contributed by atoms with Crippen LogP contribution in [0, 0.1) is 6.92 Å². The number of anilines is 1. The maximum Gasteiger partial charge on any atom is 0.409 e. The fourth-order valence-electron chi connectivity index (χ4n) is 2.60. The minimum absolute atomic E-state index is 0.108. The van der Waals surface area contributed by atoms with Crippen LogP contribution in [0.15, 0.2) is 28.5 Å². The number of aromatic nitrogens is 1. The zero-order valence-corrected chi connectivity index (χ0v) is 17.6. The Labute approximate surface area is 172 Å². The van der Waals surface area contributed by atoms with Gasteiger partial charge in [-0.15, -0.1) is 11.3 Å². The third-order valence-corrected chi connectivity index (χ3v) is 6.96. The molecule has 0 radical (unpaired) electrons. The summed E-state index contributed by atoms with van der Waals surface area (Å²) in [5, 5.41) is 2.35. The molecular formula is C17H20ClN3O5S2. The first-order valence-corrected chi connectivity index (χ1v) is 11.3. The Morgan fingerprint density at radius 3 is 2.89 bits per heavy atom. The lowest BCUT2D eigenvalue weighted by atomic mass is 10.2. The van der Waals surface area contributed by atoms with E-state index in [1.165, 1.54) is 17.4 Å². The smallest absolute Gasteiger partial charge is 0.409 e. The molecule has 2 aromatic rings. The lowest BCUT2D eigenvalue weighted by molar-refractivity contribution is 0.0274. The Bertz CT molecular complexity index is 942. The summed E-state index contributed by atoms with van der Waals surface area (Å²) in [5.74, 6) is 0. The third-order valence-electron chi connectivity index (χ3n) is 4.13. The first kappa shape index (κ1) is 20.8. The number of amides is 1. The lowest BCUT2D eigenvalue weighted by Gasteiger charge is -2.25. The number of sulfonamides is 1. The van der Waals surface area contributed by atoms with E-state index in [0.717, 1.165) is 0 Å². The summed E-state index contributed by atoms with van der Waals surface area (Å²) in [6, 6.07) is 4.71. The zero-order valence-electron chi connectivity index (χ0n) is 15.2. The van der Waals surface area contributed by atoms with Crippen LogP contribution in [0.2, 0.25) is 5.02 Å². The average molecular weight is 446 g/mol. The molecule has 0 bridgehead atoms. The number of hydrogen-bond donors (Lipinski definition) is 1. The second-order valence-electron chi connectivity index (χ2n) is 6.08. The van der Waals surface area contributed by atoms with Crippen LogP contribution in [0.25, 0.3) is 0 Å². The van der Waals surface area contributed by atoms with E-state index < -0.39 is 10.0 Å². The summed E-state index contributed by atoms with van der Waals surface area (Å²) in [6.07, 6.45) is 0.0145. The summed E-state index contributed by atoms with van der Waals surface area (Å²) < 4.78 is 38.0. The van der Waals surface area contributed by atoms with Gasteiger partial charge in [-0.2, -0.15) is 0 Å². The number of carbonyl (C=O) groups is 1. The van der Waals surface area contributed by atoms with Crippen LogP contribution in [0.3, 0.4) is 0 Å². The summed E-state index contributed by atoms with van der Waals surface area (Å²) in [7, 11) is -3.79. The molecular weight excluding hydrogens is 426 g/mol. The second kappa shape index (κ2) is 9.08. The van der Waals surface area contributed by atoms with Gasteiger partial charge in [-0.25, -0.2) is 18.2 Å². The van der Waals surface area contributed by atoms with Gasteiger partial charge in [0.2, 0.25) is 0 Å². The summed E-state index contributed by atoms with van der Waals surface area (Å²) in [6.45, 7) is 3.87. The topological polar surface area (TPSA) is 97.8 Å². The standard InChI is InChI=1S/C17H20ClN3O5S2/c1-12-14(18)3-2-4-15(12)28(23,24)20-16-19-13(11-27-16)5-8-26-17(22)21-6-9-25-10-7-21/h2-4,11H,5-10H2,1H3,(H,19,20). The first-order chi connectivity index (χ1) is 13.4. The number of morpholine rings is 1. The zero-order chi connectivity index (χ0) is 20.1. The second-order valence-corrected chi connectivity index (χ2v) is 8.99. The van der Waals surface area contributed by atoms with Gasteiger partial charge in [-0.05, 0) is 24.6 Å². The van der Waals surface area contributed by atoms with Crippen molar-refractivity contribution in [2.75, 3.05) is 37.6 Å². The third kappa shape index (κ3) is 5.13. The van der Waals surface area contributed by atoms with Crippen molar-refractivity contribution < 1.29 is 22.7 Å². The Morgan fingerprint density at radius 1 is 1.39 bits per heavy atom. The molecule has 1 N–H and O–H groups in total. The quantitative estimate of drug-likeness (QED) is 0.734. The van der Waals surface area contributed by atoms with Gasteiger partial charge in [-0.3, -0.25) is 4.72 Å². The van der Waals surface area contributed by atoms with E-state index >= 15 is 0 Å². The molecule has 0 unspecified atom stereocenters. The highest BCUT2D eigenvalue weighted by Crippen LogP contribution is 2.26. The molecule has 1 saturated heterocycles. The van der Waals surface area contributed by atoms with Crippen molar-refractivity contribution in [2.45, 2.75) is 18.2 Å². The van der Waals surface area contributed by atoms with Gasteiger partial charge in [-0.1, -0.05) is 17.7 Å². The number of benzene rings is 1. The summed E-state index contributed by atoms with van der Waals surface area (Å²) in [4.78, 5) is 17.9. The molecule has 0 spiro atoms. The molecule has 0 atom stereocenters. The highest BCUT2D eigenvalue weighted by Gasteiger charge is 2.20. The van der Waals surface area contributed by atoms with Crippen molar-refractivity contribution in [1.29, 1.82) is 0 Å². The molecule has 1 aliphatic heterocycles. The molecule has 1 aliphatic rings. The van der Waals surface area contributed by atoms with E-state index in [1.807, 2.05) is 0 Å². The van der Waals surface area contributed by atoms with Crippen molar-refractivity contribution in [2.24, 2.45) is 0 Å². The predicted molar refractivity (Wildman–Crippen MR) is 107 cm³/mol. The van der Waals surface area contributed by atoms with Crippen LogP contribution in [0.4, 0.5) is 9.93 Å². The highest BCUT2D eigenvalue weighted by molar-refractivity contribution is 7.93. The van der Waals surface area contributed by atoms with E-state index in [4.69, 9.17) is 21.1 Å². The van der Waals surface area contributed by atoms with Crippen LogP contribution in [-0.2, 0) is 25.9 Å². The molecule has 1 aromatic heterocycles. The Morgan fingerprint density at radius 2 is 2.14 bits per heavy atom. The number of thiazole rings is 1. The Hall–Kier alpha value is -1.88. The van der Waals surface area contributed by atoms with E-state index in [-0.39, 0.29) is 22.7 Å². The fourth-order valence-corrected chi connectivity index (χ4v) is 5.09. The number of rotatable bonds is 6. The van der Waals surface area contributed by atoms with Crippen molar-refractivity contribution in [3.63, 3.8) is 0 Å². The molecule has 0 aliphatic carbocycles. The molecule has 2 heterocycles. The molecule has 28 heavy (non-hydrogen) atoms. The van der Waals surface area contributed by atoms with Crippen molar-refractivity contribution >= 4 is 44.2 Å². The first-order valence-electron chi connectivity index (χ1n) is 8.58. The molecule has 1 aromatic carbocycles. The van der Waals surface area contributed by atoms with E-state index in [1.54, 1.807) is 29.3 Å². The van der Waals surface area contributed by atoms with Crippen LogP contribution in [-0.4, -0.2) is 57.3 Å². The number of halogens is 1. The van der Waals surface area contributed by atoms with Crippen LogP contribution < -0.4 is 4.72 Å².